The Balaban J connectivity index is 1.66. The number of benzene rings is 2. The molecule has 6 nitrogen and oxygen atoms in total. The van der Waals surface area contributed by atoms with E-state index in [0.717, 1.165) is 38.7 Å². The molecular formula is C24H21N5OS. The van der Waals surface area contributed by atoms with Gasteiger partial charge in [-0.1, -0.05) is 30.3 Å². The van der Waals surface area contributed by atoms with E-state index in [2.05, 4.69) is 16.4 Å². The lowest BCUT2D eigenvalue weighted by Gasteiger charge is -2.21. The van der Waals surface area contributed by atoms with Gasteiger partial charge < -0.3 is 14.6 Å². The van der Waals surface area contributed by atoms with Crippen LogP contribution in [-0.2, 0) is 7.05 Å². The van der Waals surface area contributed by atoms with Gasteiger partial charge >= 0.3 is 0 Å². The van der Waals surface area contributed by atoms with Crippen LogP contribution in [-0.4, -0.2) is 26.6 Å². The Morgan fingerprint density at radius 3 is 2.71 bits per heavy atom. The van der Waals surface area contributed by atoms with Gasteiger partial charge in [-0.05, 0) is 41.3 Å². The fourth-order valence-electron chi connectivity index (χ4n) is 3.61. The minimum atomic E-state index is -0.218. The highest BCUT2D eigenvalue weighted by atomic mass is 32.1. The van der Waals surface area contributed by atoms with Gasteiger partial charge in [-0.3, -0.25) is 0 Å². The van der Waals surface area contributed by atoms with Crippen molar-refractivity contribution in [3.8, 4) is 16.5 Å². The third kappa shape index (κ3) is 3.75. The minimum Gasteiger partial charge on any atom is -0.497 e. The number of hydrogen-bond donors (Lipinski definition) is 1. The number of para-hydroxylation sites is 1. The van der Waals surface area contributed by atoms with Gasteiger partial charge in [-0.25, -0.2) is 15.0 Å². The summed E-state index contributed by atoms with van der Waals surface area (Å²) in [5.74, 6) is 3.16. The summed E-state index contributed by atoms with van der Waals surface area (Å²) in [5, 5.41) is 6.65. The van der Waals surface area contributed by atoms with E-state index < -0.39 is 0 Å². The number of methoxy groups -OCH3 is 1. The summed E-state index contributed by atoms with van der Waals surface area (Å²) >= 11 is 1.63. The zero-order valence-corrected chi connectivity index (χ0v) is 18.0. The van der Waals surface area contributed by atoms with Crippen LogP contribution in [0.1, 0.15) is 17.4 Å². The van der Waals surface area contributed by atoms with E-state index in [-0.39, 0.29) is 6.04 Å². The molecule has 1 atom stereocenters. The van der Waals surface area contributed by atoms with Crippen LogP contribution >= 0.6 is 11.3 Å². The van der Waals surface area contributed by atoms with Gasteiger partial charge in [0.25, 0.3) is 0 Å². The van der Waals surface area contributed by atoms with Crippen LogP contribution < -0.4 is 10.1 Å². The molecule has 0 saturated carbocycles. The zero-order chi connectivity index (χ0) is 21.2. The van der Waals surface area contributed by atoms with E-state index >= 15 is 0 Å². The Kier molecular flexibility index (Phi) is 5.09. The number of anilines is 1. The third-order valence-corrected chi connectivity index (χ3v) is 6.04. The van der Waals surface area contributed by atoms with Crippen molar-refractivity contribution >= 4 is 28.1 Å². The molecule has 3 aromatic heterocycles. The van der Waals surface area contributed by atoms with Crippen LogP contribution in [0, 0.1) is 0 Å². The first-order valence-electron chi connectivity index (χ1n) is 9.91. The molecule has 0 unspecified atom stereocenters. The molecule has 5 rings (SSSR count). The van der Waals surface area contributed by atoms with Gasteiger partial charge in [0.1, 0.15) is 23.4 Å². The number of thiophene rings is 1. The highest BCUT2D eigenvalue weighted by Gasteiger charge is 2.21. The second kappa shape index (κ2) is 8.20. The average Bonchev–Trinajstić information content (AvgIpc) is 3.49. The van der Waals surface area contributed by atoms with E-state index in [0.29, 0.717) is 5.82 Å². The van der Waals surface area contributed by atoms with E-state index in [4.69, 9.17) is 14.7 Å². The first-order chi connectivity index (χ1) is 15.2. The molecule has 0 aliphatic rings. The first-order valence-corrected chi connectivity index (χ1v) is 10.8. The summed E-state index contributed by atoms with van der Waals surface area (Å²) in [4.78, 5) is 15.3. The van der Waals surface area contributed by atoms with Gasteiger partial charge in [0.15, 0.2) is 5.82 Å². The monoisotopic (exact) mass is 427 g/mol. The summed E-state index contributed by atoms with van der Waals surface area (Å²) < 4.78 is 7.48. The van der Waals surface area contributed by atoms with Crippen molar-refractivity contribution in [3.05, 3.63) is 89.8 Å². The molecule has 0 bridgehead atoms. The maximum atomic E-state index is 5.46. The van der Waals surface area contributed by atoms with Crippen molar-refractivity contribution < 1.29 is 4.74 Å². The summed E-state index contributed by atoms with van der Waals surface area (Å²) in [6.45, 7) is 0. The Hall–Kier alpha value is -3.71. The predicted octanol–water partition coefficient (Wildman–Crippen LogP) is 5.30. The van der Waals surface area contributed by atoms with E-state index in [1.807, 2.05) is 77.8 Å². The van der Waals surface area contributed by atoms with Crippen molar-refractivity contribution in [2.75, 3.05) is 12.4 Å². The molecular weight excluding hydrogens is 406 g/mol. The average molecular weight is 428 g/mol. The SMILES string of the molecule is COc1cccc([C@@H](Nc2nc(-c3cccs3)nc3ccccc23)c2nccn2C)c1. The van der Waals surface area contributed by atoms with Crippen molar-refractivity contribution in [1.82, 2.24) is 19.5 Å². The quantitative estimate of drug-likeness (QED) is 0.398. The molecule has 0 saturated heterocycles. The Morgan fingerprint density at radius 1 is 1.03 bits per heavy atom. The largest absolute Gasteiger partial charge is 0.497 e. The second-order valence-corrected chi connectivity index (χ2v) is 8.09. The molecule has 3 heterocycles. The fraction of sp³-hybridized carbons (Fsp3) is 0.125. The van der Waals surface area contributed by atoms with E-state index in [9.17, 15) is 0 Å². The number of rotatable bonds is 6. The number of imidazole rings is 1. The molecule has 2 aromatic carbocycles. The molecule has 0 aliphatic heterocycles. The van der Waals surface area contributed by atoms with Gasteiger partial charge in [0.2, 0.25) is 0 Å². The van der Waals surface area contributed by atoms with Crippen LogP contribution in [0.2, 0.25) is 0 Å². The highest BCUT2D eigenvalue weighted by molar-refractivity contribution is 7.13. The molecule has 31 heavy (non-hydrogen) atoms. The summed E-state index contributed by atoms with van der Waals surface area (Å²) in [5.41, 5.74) is 1.93. The maximum Gasteiger partial charge on any atom is 0.172 e. The summed E-state index contributed by atoms with van der Waals surface area (Å²) in [7, 11) is 3.67. The second-order valence-electron chi connectivity index (χ2n) is 7.14. The molecule has 0 radical (unpaired) electrons. The van der Waals surface area contributed by atoms with Gasteiger partial charge in [0.05, 0.1) is 17.5 Å². The van der Waals surface area contributed by atoms with E-state index in [1.54, 1.807) is 24.6 Å². The highest BCUT2D eigenvalue weighted by Crippen LogP contribution is 2.32. The Labute approximate surface area is 184 Å². The number of hydrogen-bond acceptors (Lipinski definition) is 6. The van der Waals surface area contributed by atoms with Gasteiger partial charge in [0, 0.05) is 24.8 Å². The maximum absolute atomic E-state index is 5.46. The summed E-state index contributed by atoms with van der Waals surface area (Å²) in [6, 6.07) is 19.9. The van der Waals surface area contributed by atoms with Crippen LogP contribution in [0.5, 0.6) is 5.75 Å². The fourth-order valence-corrected chi connectivity index (χ4v) is 4.27. The lowest BCUT2D eigenvalue weighted by atomic mass is 10.1. The molecule has 5 aromatic rings. The van der Waals surface area contributed by atoms with Crippen LogP contribution in [0.4, 0.5) is 5.82 Å². The molecule has 154 valence electrons. The topological polar surface area (TPSA) is 64.9 Å². The zero-order valence-electron chi connectivity index (χ0n) is 17.2. The van der Waals surface area contributed by atoms with Gasteiger partial charge in [-0.2, -0.15) is 0 Å². The normalized spacial score (nSPS) is 12.1. The van der Waals surface area contributed by atoms with Gasteiger partial charge in [-0.15, -0.1) is 11.3 Å². The minimum absolute atomic E-state index is 0.218. The molecule has 1 N–H and O–H groups in total. The number of nitrogens with one attached hydrogen (secondary N) is 1. The van der Waals surface area contributed by atoms with Crippen LogP contribution in [0.25, 0.3) is 21.6 Å². The lowest BCUT2D eigenvalue weighted by Crippen LogP contribution is -2.18. The Morgan fingerprint density at radius 2 is 1.94 bits per heavy atom. The van der Waals surface area contributed by atoms with Crippen molar-refractivity contribution in [2.45, 2.75) is 6.04 Å². The summed E-state index contributed by atoms with van der Waals surface area (Å²) in [6.07, 6.45) is 3.75. The molecule has 0 spiro atoms. The van der Waals surface area contributed by atoms with Crippen molar-refractivity contribution in [2.24, 2.45) is 7.05 Å². The lowest BCUT2D eigenvalue weighted by molar-refractivity contribution is 0.414. The third-order valence-electron chi connectivity index (χ3n) is 5.17. The predicted molar refractivity (Wildman–Crippen MR) is 125 cm³/mol. The van der Waals surface area contributed by atoms with Crippen LogP contribution in [0.3, 0.4) is 0 Å². The molecule has 0 amide bonds. The number of aryl methyl sites for hydroxylation is 1. The number of aromatic nitrogens is 4. The molecule has 0 aliphatic carbocycles. The van der Waals surface area contributed by atoms with Crippen molar-refractivity contribution in [1.29, 1.82) is 0 Å². The molecule has 7 heteroatoms. The number of nitrogens with zero attached hydrogens (tertiary/aromatic N) is 4. The first kappa shape index (κ1) is 19.3. The Bertz CT molecular complexity index is 1330. The van der Waals surface area contributed by atoms with Crippen LogP contribution in [0.15, 0.2) is 78.4 Å². The molecule has 0 fully saturated rings. The number of fused-ring (bicyclic) bond motifs is 1. The van der Waals surface area contributed by atoms with E-state index in [1.165, 1.54) is 0 Å². The smallest absolute Gasteiger partial charge is 0.172 e. The number of ether oxygens (including phenoxy) is 1. The van der Waals surface area contributed by atoms with Crippen molar-refractivity contribution in [3.63, 3.8) is 0 Å². The standard InChI is InChI=1S/C24H21N5OS/c1-29-13-12-25-24(29)21(16-7-5-8-17(15-16)30-2)27-22-18-9-3-4-10-19(18)26-23(28-22)20-11-6-14-31-20/h3-15,21H,1-2H3,(H,26,27,28)/t21-/m1/s1.